The molecule has 3 rings (SSSR count). The number of carbonyl (C=O) groups is 2. The van der Waals surface area contributed by atoms with E-state index in [-0.39, 0.29) is 17.6 Å². The molecule has 0 aliphatic heterocycles. The van der Waals surface area contributed by atoms with Crippen molar-refractivity contribution in [2.24, 2.45) is 5.92 Å². The highest BCUT2D eigenvalue weighted by Crippen LogP contribution is 2.29. The van der Waals surface area contributed by atoms with Crippen LogP contribution < -0.4 is 15.4 Å². The zero-order chi connectivity index (χ0) is 19.4. The fourth-order valence-electron chi connectivity index (χ4n) is 2.55. The van der Waals surface area contributed by atoms with Gasteiger partial charge in [0, 0.05) is 0 Å². The summed E-state index contributed by atoms with van der Waals surface area (Å²) in [5.74, 6) is 0.0607. The number of anilines is 1. The van der Waals surface area contributed by atoms with Gasteiger partial charge in [-0.15, -0.1) is 0 Å². The zero-order valence-electron chi connectivity index (χ0n) is 15.3. The maximum Gasteiger partial charge on any atom is 0.287 e. The normalized spacial score (nSPS) is 12.1. The van der Waals surface area contributed by atoms with Crippen molar-refractivity contribution in [1.29, 1.82) is 0 Å². The van der Waals surface area contributed by atoms with Gasteiger partial charge in [-0.2, -0.15) is 0 Å². The van der Waals surface area contributed by atoms with Crippen LogP contribution in [0.3, 0.4) is 0 Å². The number of amides is 2. The highest BCUT2D eigenvalue weighted by molar-refractivity contribution is 7.22. The van der Waals surface area contributed by atoms with Crippen molar-refractivity contribution in [3.05, 3.63) is 42.4 Å². The van der Waals surface area contributed by atoms with E-state index in [1.54, 1.807) is 12.1 Å². The van der Waals surface area contributed by atoms with E-state index in [2.05, 4.69) is 15.6 Å². The quantitative estimate of drug-likeness (QED) is 0.645. The fraction of sp³-hybridized carbons (Fsp3) is 0.316. The number of fused-ring (bicyclic) bond motifs is 1. The third kappa shape index (κ3) is 4.46. The Hall–Kier alpha value is -2.87. The van der Waals surface area contributed by atoms with E-state index in [1.807, 2.05) is 39.0 Å². The van der Waals surface area contributed by atoms with Gasteiger partial charge in [0.2, 0.25) is 5.91 Å². The monoisotopic (exact) mass is 387 g/mol. The van der Waals surface area contributed by atoms with Crippen LogP contribution in [0.2, 0.25) is 0 Å². The predicted octanol–water partition coefficient (Wildman–Crippen LogP) is 3.68. The van der Waals surface area contributed by atoms with Crippen LogP contribution in [0.15, 0.2) is 41.0 Å². The Labute approximate surface area is 160 Å². The molecular formula is C19H21N3O4S. The zero-order valence-corrected chi connectivity index (χ0v) is 16.1. The number of ether oxygens (including phenoxy) is 1. The topological polar surface area (TPSA) is 93.5 Å². The molecule has 0 spiro atoms. The molecule has 1 unspecified atom stereocenters. The van der Waals surface area contributed by atoms with Crippen LogP contribution in [0.25, 0.3) is 10.2 Å². The van der Waals surface area contributed by atoms with Gasteiger partial charge < -0.3 is 19.8 Å². The number of carbonyl (C=O) groups excluding carboxylic acids is 2. The molecule has 142 valence electrons. The molecule has 2 heterocycles. The van der Waals surface area contributed by atoms with Crippen molar-refractivity contribution in [2.75, 3.05) is 11.9 Å². The summed E-state index contributed by atoms with van der Waals surface area (Å²) >= 11 is 1.36. The average Bonchev–Trinajstić information content (AvgIpc) is 3.28. The Kier molecular flexibility index (Phi) is 5.75. The maximum atomic E-state index is 12.7. The second kappa shape index (κ2) is 8.22. The Morgan fingerprint density at radius 1 is 1.30 bits per heavy atom. The number of furan rings is 1. The first kappa shape index (κ1) is 18.9. The number of nitrogens with one attached hydrogen (secondary N) is 2. The Balaban J connectivity index is 1.73. The Morgan fingerprint density at radius 2 is 2.11 bits per heavy atom. The Bertz CT molecular complexity index is 934. The van der Waals surface area contributed by atoms with Gasteiger partial charge in [-0.05, 0) is 43.2 Å². The predicted molar refractivity (Wildman–Crippen MR) is 104 cm³/mol. The summed E-state index contributed by atoms with van der Waals surface area (Å²) in [6.07, 6.45) is 1.41. The van der Waals surface area contributed by atoms with E-state index < -0.39 is 11.9 Å². The summed E-state index contributed by atoms with van der Waals surface area (Å²) in [5.41, 5.74) is 0.777. The van der Waals surface area contributed by atoms with Crippen LogP contribution in [-0.4, -0.2) is 29.4 Å². The van der Waals surface area contributed by atoms with Gasteiger partial charge in [0.05, 0.1) is 23.1 Å². The van der Waals surface area contributed by atoms with Gasteiger partial charge in [-0.1, -0.05) is 25.2 Å². The summed E-state index contributed by atoms with van der Waals surface area (Å²) in [4.78, 5) is 29.3. The van der Waals surface area contributed by atoms with E-state index in [4.69, 9.17) is 9.15 Å². The molecule has 1 aromatic carbocycles. The van der Waals surface area contributed by atoms with E-state index in [1.165, 1.54) is 17.6 Å². The molecule has 0 saturated carbocycles. The molecule has 0 aliphatic rings. The molecule has 2 N–H and O–H groups in total. The highest BCUT2D eigenvalue weighted by atomic mass is 32.1. The highest BCUT2D eigenvalue weighted by Gasteiger charge is 2.26. The van der Waals surface area contributed by atoms with Crippen LogP contribution in [-0.2, 0) is 4.79 Å². The third-order valence-electron chi connectivity index (χ3n) is 3.88. The molecule has 1 atom stereocenters. The first-order valence-electron chi connectivity index (χ1n) is 8.66. The Morgan fingerprint density at radius 3 is 2.78 bits per heavy atom. The van der Waals surface area contributed by atoms with Crippen molar-refractivity contribution in [2.45, 2.75) is 26.8 Å². The summed E-state index contributed by atoms with van der Waals surface area (Å²) in [6.45, 7) is 6.23. The second-order valence-corrected chi connectivity index (χ2v) is 7.27. The van der Waals surface area contributed by atoms with Gasteiger partial charge in [0.15, 0.2) is 10.9 Å². The van der Waals surface area contributed by atoms with Gasteiger partial charge in [-0.25, -0.2) is 4.98 Å². The number of benzene rings is 1. The molecule has 8 heteroatoms. The molecule has 7 nitrogen and oxygen atoms in total. The van der Waals surface area contributed by atoms with E-state index >= 15 is 0 Å². The van der Waals surface area contributed by atoms with Crippen molar-refractivity contribution in [3.8, 4) is 5.75 Å². The molecule has 0 bridgehead atoms. The number of thiazole rings is 1. The van der Waals surface area contributed by atoms with Crippen LogP contribution in [0.1, 0.15) is 31.3 Å². The second-order valence-electron chi connectivity index (χ2n) is 6.24. The summed E-state index contributed by atoms with van der Waals surface area (Å²) < 4.78 is 11.5. The number of rotatable bonds is 7. The van der Waals surface area contributed by atoms with Gasteiger partial charge >= 0.3 is 0 Å². The number of aromatic nitrogens is 1. The first-order chi connectivity index (χ1) is 13.0. The van der Waals surface area contributed by atoms with Crippen LogP contribution in [0.5, 0.6) is 5.75 Å². The largest absolute Gasteiger partial charge is 0.494 e. The average molecular weight is 387 g/mol. The molecule has 2 aromatic heterocycles. The molecule has 0 aliphatic carbocycles. The lowest BCUT2D eigenvalue weighted by Crippen LogP contribution is -2.47. The van der Waals surface area contributed by atoms with Crippen molar-refractivity contribution < 1.29 is 18.7 Å². The molecule has 0 radical (unpaired) electrons. The van der Waals surface area contributed by atoms with E-state index in [0.717, 1.165) is 16.0 Å². The lowest BCUT2D eigenvalue weighted by atomic mass is 10.0. The van der Waals surface area contributed by atoms with Crippen molar-refractivity contribution in [1.82, 2.24) is 10.3 Å². The minimum absolute atomic E-state index is 0.108. The minimum Gasteiger partial charge on any atom is -0.494 e. The van der Waals surface area contributed by atoms with Crippen molar-refractivity contribution in [3.63, 3.8) is 0 Å². The minimum atomic E-state index is -0.714. The maximum absolute atomic E-state index is 12.7. The van der Waals surface area contributed by atoms with Crippen molar-refractivity contribution >= 4 is 38.5 Å². The van der Waals surface area contributed by atoms with Gasteiger partial charge in [0.1, 0.15) is 11.8 Å². The van der Waals surface area contributed by atoms with Crippen LogP contribution in [0, 0.1) is 5.92 Å². The third-order valence-corrected chi connectivity index (χ3v) is 4.82. The van der Waals surface area contributed by atoms with Crippen LogP contribution >= 0.6 is 11.3 Å². The molecule has 0 saturated heterocycles. The number of hydrogen-bond acceptors (Lipinski definition) is 6. The van der Waals surface area contributed by atoms with Gasteiger partial charge in [-0.3, -0.25) is 9.59 Å². The first-order valence-corrected chi connectivity index (χ1v) is 9.48. The number of hydrogen-bond donors (Lipinski definition) is 2. The lowest BCUT2D eigenvalue weighted by Gasteiger charge is -2.20. The number of nitrogens with zero attached hydrogens (tertiary/aromatic N) is 1. The molecule has 27 heavy (non-hydrogen) atoms. The van der Waals surface area contributed by atoms with E-state index in [9.17, 15) is 9.59 Å². The standard InChI is InChI=1S/C19H21N3O4S/c1-4-25-12-7-8-13-15(10-12)27-19(20-13)22-18(24)16(11(2)3)21-17(23)14-6-5-9-26-14/h5-11,16H,4H2,1-3H3,(H,21,23)(H,20,22,24). The molecule has 0 fully saturated rings. The summed E-state index contributed by atoms with van der Waals surface area (Å²) in [7, 11) is 0. The lowest BCUT2D eigenvalue weighted by molar-refractivity contribution is -0.118. The smallest absolute Gasteiger partial charge is 0.287 e. The summed E-state index contributed by atoms with van der Waals surface area (Å²) in [6, 6.07) is 8.05. The van der Waals surface area contributed by atoms with Crippen LogP contribution in [0.4, 0.5) is 5.13 Å². The molecule has 2 amide bonds. The summed E-state index contributed by atoms with van der Waals surface area (Å²) in [5, 5.41) is 5.98. The SMILES string of the molecule is CCOc1ccc2nc(NC(=O)C(NC(=O)c3ccco3)C(C)C)sc2c1. The molecule has 3 aromatic rings. The molecular weight excluding hydrogens is 366 g/mol. The fourth-order valence-corrected chi connectivity index (χ4v) is 3.45. The van der Waals surface area contributed by atoms with Gasteiger partial charge in [0.25, 0.3) is 5.91 Å². The van der Waals surface area contributed by atoms with E-state index in [0.29, 0.717) is 11.7 Å².